The lowest BCUT2D eigenvalue weighted by atomic mass is 9.85. The van der Waals surface area contributed by atoms with E-state index in [2.05, 4.69) is 32.2 Å². The van der Waals surface area contributed by atoms with Crippen LogP contribution in [0.4, 0.5) is 0 Å². The average Bonchev–Trinajstić information content (AvgIpc) is 2.65. The maximum atomic E-state index is 12.4. The first kappa shape index (κ1) is 23.7. The predicted molar refractivity (Wildman–Crippen MR) is 117 cm³/mol. The Hall–Kier alpha value is -1.60. The summed E-state index contributed by atoms with van der Waals surface area (Å²) in [4.78, 5) is 12.4. The molecule has 0 spiro atoms. The number of nitrogens with zero attached hydrogens (tertiary/aromatic N) is 1. The third-order valence-corrected chi connectivity index (χ3v) is 7.23. The average molecular weight is 425 g/mol. The van der Waals surface area contributed by atoms with Gasteiger partial charge in [0.15, 0.2) is 6.61 Å². The van der Waals surface area contributed by atoms with Gasteiger partial charge in [-0.25, -0.2) is 12.7 Å². The number of hydrogen-bond acceptors (Lipinski definition) is 4. The van der Waals surface area contributed by atoms with Crippen LogP contribution in [0.3, 0.4) is 0 Å². The van der Waals surface area contributed by atoms with Crippen LogP contribution in [0.25, 0.3) is 0 Å². The van der Waals surface area contributed by atoms with Gasteiger partial charge in [-0.15, -0.1) is 0 Å². The number of nitrogens with one attached hydrogen (secondary N) is 1. The number of carbonyl (C=O) groups is 1. The lowest BCUT2D eigenvalue weighted by Gasteiger charge is -2.31. The smallest absolute Gasteiger partial charge is 0.258 e. The summed E-state index contributed by atoms with van der Waals surface area (Å²) in [5, 5.41) is 2.99. The quantitative estimate of drug-likeness (QED) is 0.694. The Morgan fingerprint density at radius 1 is 1.24 bits per heavy atom. The summed E-state index contributed by atoms with van der Waals surface area (Å²) in [6.07, 6.45) is 2.82. The number of hydrogen-bond donors (Lipinski definition) is 1. The number of aryl methyl sites for hydroxylation is 1. The third kappa shape index (κ3) is 7.00. The molecule has 0 aliphatic carbocycles. The molecular weight excluding hydrogens is 388 g/mol. The Labute approximate surface area is 176 Å². The highest BCUT2D eigenvalue weighted by Gasteiger charge is 2.28. The standard InChI is InChI=1S/C22H36N2O4S/c1-6-7-14-29(26,27)24-12-10-18(11-13-24)23-21(25)16-28-20-9-8-17(2)15-19(20)22(3,4)5/h8-9,15,18H,6-7,10-14,16H2,1-5H3,(H,23,25). The van der Waals surface area contributed by atoms with E-state index < -0.39 is 10.0 Å². The fourth-order valence-corrected chi connectivity index (χ4v) is 5.18. The predicted octanol–water partition coefficient (Wildman–Crippen LogP) is 3.38. The van der Waals surface area contributed by atoms with Gasteiger partial charge in [-0.2, -0.15) is 0 Å². The molecule has 6 nitrogen and oxygen atoms in total. The third-order valence-electron chi connectivity index (χ3n) is 5.27. The van der Waals surface area contributed by atoms with Crippen LogP contribution in [0.5, 0.6) is 5.75 Å². The molecule has 0 unspecified atom stereocenters. The molecule has 1 amide bonds. The molecule has 1 aliphatic rings. The fourth-order valence-electron chi connectivity index (χ4n) is 3.50. The lowest BCUT2D eigenvalue weighted by molar-refractivity contribution is -0.124. The van der Waals surface area contributed by atoms with Crippen molar-refractivity contribution in [2.24, 2.45) is 0 Å². The number of unbranched alkanes of at least 4 members (excludes halogenated alkanes) is 1. The summed E-state index contributed by atoms with van der Waals surface area (Å²) in [7, 11) is -3.17. The van der Waals surface area contributed by atoms with Crippen molar-refractivity contribution in [2.45, 2.75) is 71.8 Å². The monoisotopic (exact) mass is 424 g/mol. The van der Waals surface area contributed by atoms with Gasteiger partial charge in [0.25, 0.3) is 5.91 Å². The first-order valence-corrected chi connectivity index (χ1v) is 12.1. The van der Waals surface area contributed by atoms with E-state index in [1.165, 1.54) is 0 Å². The maximum absolute atomic E-state index is 12.4. The zero-order valence-electron chi connectivity index (χ0n) is 18.5. The Kier molecular flexibility index (Phi) is 8.11. The summed E-state index contributed by atoms with van der Waals surface area (Å²) in [6.45, 7) is 11.3. The molecule has 0 radical (unpaired) electrons. The van der Waals surface area contributed by atoms with E-state index >= 15 is 0 Å². The molecule has 1 fully saturated rings. The van der Waals surface area contributed by atoms with Crippen molar-refractivity contribution < 1.29 is 17.9 Å². The van der Waals surface area contributed by atoms with Gasteiger partial charge in [-0.3, -0.25) is 4.79 Å². The molecule has 1 N–H and O–H groups in total. The number of ether oxygens (including phenoxy) is 1. The molecule has 1 heterocycles. The molecule has 1 aliphatic heterocycles. The summed E-state index contributed by atoms with van der Waals surface area (Å²) in [6, 6.07) is 5.99. The van der Waals surface area contributed by atoms with Crippen LogP contribution >= 0.6 is 0 Å². The minimum Gasteiger partial charge on any atom is -0.483 e. The number of amides is 1. The Bertz CT molecular complexity index is 792. The molecule has 1 aromatic rings. The first-order chi connectivity index (χ1) is 13.5. The minimum absolute atomic E-state index is 0.0103. The van der Waals surface area contributed by atoms with Crippen molar-refractivity contribution in [2.75, 3.05) is 25.4 Å². The summed E-state index contributed by atoms with van der Waals surface area (Å²) in [5.41, 5.74) is 2.16. The molecule has 0 atom stereocenters. The number of carbonyl (C=O) groups excluding carboxylic acids is 1. The van der Waals surface area contributed by atoms with Gasteiger partial charge in [-0.1, -0.05) is 51.8 Å². The SMILES string of the molecule is CCCCS(=O)(=O)N1CCC(NC(=O)COc2ccc(C)cc2C(C)(C)C)CC1. The van der Waals surface area contributed by atoms with E-state index in [0.717, 1.165) is 23.3 Å². The summed E-state index contributed by atoms with van der Waals surface area (Å²) >= 11 is 0. The molecule has 29 heavy (non-hydrogen) atoms. The molecule has 1 saturated heterocycles. The zero-order chi connectivity index (χ0) is 21.7. The van der Waals surface area contributed by atoms with Gasteiger partial charge < -0.3 is 10.1 Å². The Morgan fingerprint density at radius 3 is 2.48 bits per heavy atom. The van der Waals surface area contributed by atoms with Crippen molar-refractivity contribution in [1.29, 1.82) is 0 Å². The molecule has 164 valence electrons. The molecule has 0 bridgehead atoms. The van der Waals surface area contributed by atoms with Crippen LogP contribution in [0.15, 0.2) is 18.2 Å². The molecule has 2 rings (SSSR count). The molecule has 7 heteroatoms. The molecule has 0 aromatic heterocycles. The van der Waals surface area contributed by atoms with E-state index in [-0.39, 0.29) is 29.7 Å². The van der Waals surface area contributed by atoms with E-state index in [4.69, 9.17) is 4.74 Å². The summed E-state index contributed by atoms with van der Waals surface area (Å²) in [5.74, 6) is 0.772. The van der Waals surface area contributed by atoms with Crippen molar-refractivity contribution >= 4 is 15.9 Å². The van der Waals surface area contributed by atoms with E-state index in [1.807, 2.05) is 26.0 Å². The second-order valence-electron chi connectivity index (χ2n) is 8.95. The zero-order valence-corrected chi connectivity index (χ0v) is 19.3. The van der Waals surface area contributed by atoms with Crippen LogP contribution in [-0.4, -0.2) is 50.1 Å². The Morgan fingerprint density at radius 2 is 1.90 bits per heavy atom. The van der Waals surface area contributed by atoms with E-state index in [9.17, 15) is 13.2 Å². The number of piperidine rings is 1. The highest BCUT2D eigenvalue weighted by molar-refractivity contribution is 7.89. The van der Waals surface area contributed by atoms with Crippen LogP contribution in [0.2, 0.25) is 0 Å². The largest absolute Gasteiger partial charge is 0.483 e. The van der Waals surface area contributed by atoms with Crippen molar-refractivity contribution in [3.05, 3.63) is 29.3 Å². The second kappa shape index (κ2) is 9.94. The van der Waals surface area contributed by atoms with Gasteiger partial charge in [-0.05, 0) is 43.2 Å². The summed E-state index contributed by atoms with van der Waals surface area (Å²) < 4.78 is 32.0. The molecular formula is C22H36N2O4S. The minimum atomic E-state index is -3.17. The lowest BCUT2D eigenvalue weighted by Crippen LogP contribution is -2.48. The van der Waals surface area contributed by atoms with E-state index in [0.29, 0.717) is 32.4 Å². The number of sulfonamides is 1. The highest BCUT2D eigenvalue weighted by Crippen LogP contribution is 2.32. The van der Waals surface area contributed by atoms with E-state index in [1.54, 1.807) is 4.31 Å². The van der Waals surface area contributed by atoms with Gasteiger partial charge in [0.05, 0.1) is 5.75 Å². The maximum Gasteiger partial charge on any atom is 0.258 e. The molecule has 1 aromatic carbocycles. The molecule has 0 saturated carbocycles. The Balaban J connectivity index is 1.85. The van der Waals surface area contributed by atoms with Crippen LogP contribution in [0.1, 0.15) is 64.5 Å². The highest BCUT2D eigenvalue weighted by atomic mass is 32.2. The van der Waals surface area contributed by atoms with Gasteiger partial charge in [0.2, 0.25) is 10.0 Å². The van der Waals surface area contributed by atoms with Gasteiger partial charge in [0.1, 0.15) is 5.75 Å². The fraction of sp³-hybridized carbons (Fsp3) is 0.682. The van der Waals surface area contributed by atoms with Gasteiger partial charge in [0, 0.05) is 19.1 Å². The van der Waals surface area contributed by atoms with Gasteiger partial charge >= 0.3 is 0 Å². The van der Waals surface area contributed by atoms with Crippen LogP contribution < -0.4 is 10.1 Å². The van der Waals surface area contributed by atoms with Crippen LogP contribution in [-0.2, 0) is 20.2 Å². The second-order valence-corrected chi connectivity index (χ2v) is 11.0. The number of rotatable bonds is 8. The van der Waals surface area contributed by atoms with Crippen molar-refractivity contribution in [3.63, 3.8) is 0 Å². The topological polar surface area (TPSA) is 75.7 Å². The number of benzene rings is 1. The van der Waals surface area contributed by atoms with Crippen LogP contribution in [0, 0.1) is 6.92 Å². The first-order valence-electron chi connectivity index (χ1n) is 10.5. The van der Waals surface area contributed by atoms with Crippen molar-refractivity contribution in [1.82, 2.24) is 9.62 Å². The van der Waals surface area contributed by atoms with Crippen molar-refractivity contribution in [3.8, 4) is 5.75 Å². The normalized spacial score (nSPS) is 16.6.